The molecule has 5 nitrogen and oxygen atoms in total. The van der Waals surface area contributed by atoms with E-state index in [1.165, 1.54) is 6.07 Å². The summed E-state index contributed by atoms with van der Waals surface area (Å²) in [7, 11) is -3.93. The van der Waals surface area contributed by atoms with Crippen LogP contribution in [0, 0.1) is 5.82 Å². The lowest BCUT2D eigenvalue weighted by Crippen LogP contribution is -2.31. The summed E-state index contributed by atoms with van der Waals surface area (Å²) < 4.78 is 39.9. The molecule has 1 aromatic carbocycles. The largest absolute Gasteiger partial charge is 0.352 e. The van der Waals surface area contributed by atoms with Gasteiger partial charge in [0.2, 0.25) is 10.0 Å². The maximum atomic E-state index is 13.9. The fourth-order valence-corrected chi connectivity index (χ4v) is 3.57. The molecule has 0 aliphatic carbocycles. The van der Waals surface area contributed by atoms with Crippen LogP contribution in [0.2, 0.25) is 0 Å². The molecule has 0 heterocycles. The third-order valence-electron chi connectivity index (χ3n) is 3.33. The first-order valence-corrected chi connectivity index (χ1v) is 8.90. The van der Waals surface area contributed by atoms with Crippen LogP contribution in [0.1, 0.15) is 44.0 Å². The van der Waals surface area contributed by atoms with Gasteiger partial charge in [0.15, 0.2) is 0 Å². The van der Waals surface area contributed by atoms with Crippen molar-refractivity contribution < 1.29 is 17.6 Å². The number of amides is 1. The third-order valence-corrected chi connectivity index (χ3v) is 5.40. The van der Waals surface area contributed by atoms with Gasteiger partial charge in [0.1, 0.15) is 10.7 Å². The molecule has 1 aromatic rings. The predicted molar refractivity (Wildman–Crippen MR) is 83.7 cm³/mol. The van der Waals surface area contributed by atoms with Gasteiger partial charge in [-0.2, -0.15) is 4.31 Å². The Morgan fingerprint density at radius 2 is 1.86 bits per heavy atom. The molecule has 0 fully saturated rings. The molecule has 0 aromatic heterocycles. The van der Waals surface area contributed by atoms with Crippen molar-refractivity contribution in [3.05, 3.63) is 29.6 Å². The second kappa shape index (κ2) is 8.24. The van der Waals surface area contributed by atoms with Crippen LogP contribution in [0.4, 0.5) is 4.39 Å². The van der Waals surface area contributed by atoms with Crippen molar-refractivity contribution in [3.8, 4) is 0 Å². The summed E-state index contributed by atoms with van der Waals surface area (Å²) >= 11 is 0. The normalized spacial score (nSPS) is 11.7. The lowest BCUT2D eigenvalue weighted by molar-refractivity contribution is 0.0953. The van der Waals surface area contributed by atoms with Gasteiger partial charge in [0.25, 0.3) is 5.91 Å². The number of hydrogen-bond donors (Lipinski definition) is 1. The molecule has 1 rings (SSSR count). The summed E-state index contributed by atoms with van der Waals surface area (Å²) in [5.74, 6) is -1.25. The highest BCUT2D eigenvalue weighted by molar-refractivity contribution is 7.89. The number of rotatable bonds is 8. The van der Waals surface area contributed by atoms with Gasteiger partial charge in [-0.25, -0.2) is 12.8 Å². The van der Waals surface area contributed by atoms with Crippen LogP contribution in [-0.4, -0.2) is 38.3 Å². The minimum absolute atomic E-state index is 0.142. The summed E-state index contributed by atoms with van der Waals surface area (Å²) in [6.45, 7) is 6.35. The first-order chi connectivity index (χ1) is 10.4. The van der Waals surface area contributed by atoms with E-state index in [2.05, 4.69) is 5.32 Å². The van der Waals surface area contributed by atoms with Gasteiger partial charge >= 0.3 is 0 Å². The summed E-state index contributed by atoms with van der Waals surface area (Å²) in [5, 5.41) is 2.69. The van der Waals surface area contributed by atoms with Crippen molar-refractivity contribution in [3.63, 3.8) is 0 Å². The molecule has 0 saturated carbocycles. The van der Waals surface area contributed by atoms with Gasteiger partial charge in [0.05, 0.1) is 0 Å². The number of sulfonamides is 1. The average molecular weight is 330 g/mol. The molecule has 0 spiro atoms. The highest BCUT2D eigenvalue weighted by atomic mass is 32.2. The van der Waals surface area contributed by atoms with Gasteiger partial charge in [-0.15, -0.1) is 0 Å². The van der Waals surface area contributed by atoms with E-state index in [0.29, 0.717) is 6.54 Å². The van der Waals surface area contributed by atoms with Crippen molar-refractivity contribution in [2.45, 2.75) is 38.5 Å². The van der Waals surface area contributed by atoms with Crippen molar-refractivity contribution in [2.75, 3.05) is 19.6 Å². The van der Waals surface area contributed by atoms with Crippen LogP contribution in [0.3, 0.4) is 0 Å². The maximum absolute atomic E-state index is 13.9. The number of benzene rings is 1. The topological polar surface area (TPSA) is 66.5 Å². The molecule has 0 unspecified atom stereocenters. The molecule has 0 saturated heterocycles. The van der Waals surface area contributed by atoms with Crippen molar-refractivity contribution in [2.24, 2.45) is 0 Å². The standard InChI is InChI=1S/C15H23FN2O3S/c1-4-7-10-17-15(19)12-8-9-13(16)14(11-12)22(20,21)18(5-2)6-3/h8-9,11H,4-7,10H2,1-3H3,(H,17,19). The molecular weight excluding hydrogens is 307 g/mol. The van der Waals surface area contributed by atoms with Gasteiger partial charge in [-0.05, 0) is 24.6 Å². The zero-order valence-electron chi connectivity index (χ0n) is 13.2. The van der Waals surface area contributed by atoms with Crippen LogP contribution >= 0.6 is 0 Å². The van der Waals surface area contributed by atoms with Crippen LogP contribution in [0.25, 0.3) is 0 Å². The van der Waals surface area contributed by atoms with Gasteiger partial charge < -0.3 is 5.32 Å². The molecular formula is C15H23FN2O3S. The Morgan fingerprint density at radius 1 is 1.23 bits per heavy atom. The summed E-state index contributed by atoms with van der Waals surface area (Å²) in [5.41, 5.74) is 0.142. The zero-order valence-corrected chi connectivity index (χ0v) is 14.0. The van der Waals surface area contributed by atoms with Crippen molar-refractivity contribution in [1.82, 2.24) is 9.62 Å². The number of unbranched alkanes of at least 4 members (excludes halogenated alkanes) is 1. The Kier molecular flexibility index (Phi) is 6.96. The van der Waals surface area contributed by atoms with Gasteiger partial charge in [0, 0.05) is 25.2 Å². The van der Waals surface area contributed by atoms with Crippen LogP contribution in [0.5, 0.6) is 0 Å². The van der Waals surface area contributed by atoms with Crippen LogP contribution in [0.15, 0.2) is 23.1 Å². The van der Waals surface area contributed by atoms with E-state index >= 15 is 0 Å². The molecule has 0 radical (unpaired) electrons. The second-order valence-electron chi connectivity index (χ2n) is 4.84. The first-order valence-electron chi connectivity index (χ1n) is 7.46. The molecule has 1 amide bonds. The Bertz CT molecular complexity index is 613. The quantitative estimate of drug-likeness (QED) is 0.744. The molecule has 22 heavy (non-hydrogen) atoms. The van der Waals surface area contributed by atoms with E-state index in [0.717, 1.165) is 29.3 Å². The number of nitrogens with one attached hydrogen (secondary N) is 1. The minimum Gasteiger partial charge on any atom is -0.352 e. The first kappa shape index (κ1) is 18.6. The van der Waals surface area contributed by atoms with Crippen molar-refractivity contribution in [1.29, 1.82) is 0 Å². The van der Waals surface area contributed by atoms with Crippen LogP contribution < -0.4 is 5.32 Å². The number of hydrogen-bond acceptors (Lipinski definition) is 3. The fraction of sp³-hybridized carbons (Fsp3) is 0.533. The molecule has 0 aliphatic rings. The number of nitrogens with zero attached hydrogens (tertiary/aromatic N) is 1. The average Bonchev–Trinajstić information content (AvgIpc) is 2.48. The number of carbonyl (C=O) groups excluding carboxylic acids is 1. The van der Waals surface area contributed by atoms with Crippen molar-refractivity contribution >= 4 is 15.9 Å². The Labute approximate surface area is 131 Å². The van der Waals surface area contributed by atoms with E-state index in [9.17, 15) is 17.6 Å². The molecule has 0 bridgehead atoms. The maximum Gasteiger partial charge on any atom is 0.251 e. The third kappa shape index (κ3) is 4.27. The van der Waals surface area contributed by atoms with E-state index in [1.807, 2.05) is 6.92 Å². The summed E-state index contributed by atoms with van der Waals surface area (Å²) in [6, 6.07) is 3.41. The smallest absolute Gasteiger partial charge is 0.251 e. The molecule has 124 valence electrons. The Balaban J connectivity index is 3.12. The van der Waals surface area contributed by atoms with E-state index in [1.54, 1.807) is 13.8 Å². The SMILES string of the molecule is CCCCNC(=O)c1ccc(F)c(S(=O)(=O)N(CC)CC)c1. The van der Waals surface area contributed by atoms with Gasteiger partial charge in [-0.1, -0.05) is 27.2 Å². The van der Waals surface area contributed by atoms with E-state index in [-0.39, 0.29) is 18.7 Å². The summed E-state index contributed by atoms with van der Waals surface area (Å²) in [4.78, 5) is 11.5. The van der Waals surface area contributed by atoms with Crippen LogP contribution in [-0.2, 0) is 10.0 Å². The lowest BCUT2D eigenvalue weighted by Gasteiger charge is -2.19. The molecule has 0 aliphatic heterocycles. The number of halogens is 1. The summed E-state index contributed by atoms with van der Waals surface area (Å²) in [6.07, 6.45) is 1.77. The molecule has 7 heteroatoms. The minimum atomic E-state index is -3.93. The van der Waals surface area contributed by atoms with Gasteiger partial charge in [-0.3, -0.25) is 4.79 Å². The zero-order chi connectivity index (χ0) is 16.8. The highest BCUT2D eigenvalue weighted by Gasteiger charge is 2.26. The Morgan fingerprint density at radius 3 is 2.41 bits per heavy atom. The Hall–Kier alpha value is -1.47. The molecule has 1 N–H and O–H groups in total. The number of carbonyl (C=O) groups is 1. The van der Waals surface area contributed by atoms with E-state index < -0.39 is 26.6 Å². The highest BCUT2D eigenvalue weighted by Crippen LogP contribution is 2.20. The lowest BCUT2D eigenvalue weighted by atomic mass is 10.2. The van der Waals surface area contributed by atoms with E-state index in [4.69, 9.17) is 0 Å². The molecule has 0 atom stereocenters. The predicted octanol–water partition coefficient (Wildman–Crippen LogP) is 2.39. The second-order valence-corrected chi connectivity index (χ2v) is 6.75. The fourth-order valence-electron chi connectivity index (χ4n) is 2.03. The monoisotopic (exact) mass is 330 g/mol.